The van der Waals surface area contributed by atoms with Gasteiger partial charge in [0, 0.05) is 0 Å². The highest BCUT2D eigenvalue weighted by atomic mass is 79.9. The van der Waals surface area contributed by atoms with Gasteiger partial charge in [-0.15, -0.1) is 11.6 Å². The summed E-state index contributed by atoms with van der Waals surface area (Å²) in [5.74, 6) is 1.36. The fourth-order valence-corrected chi connectivity index (χ4v) is 1.56. The highest BCUT2D eigenvalue weighted by Gasteiger charge is 1.99. The maximum absolute atomic E-state index is 5.49. The fraction of sp³-hybridized carbons (Fsp3) is 0.333. The Hall–Kier alpha value is -0.210. The van der Waals surface area contributed by atoms with E-state index in [9.17, 15) is 0 Å². The molecule has 0 radical (unpaired) electrons. The van der Waals surface area contributed by atoms with Crippen molar-refractivity contribution < 1.29 is 4.74 Å². The van der Waals surface area contributed by atoms with E-state index >= 15 is 0 Å². The number of alkyl halides is 1. The van der Waals surface area contributed by atoms with Gasteiger partial charge < -0.3 is 4.74 Å². The molecule has 0 bridgehead atoms. The third-order valence-corrected chi connectivity index (χ3v) is 2.20. The Balaban J connectivity index is 2.72. The smallest absolute Gasteiger partial charge is 0.133 e. The van der Waals surface area contributed by atoms with Gasteiger partial charge in [0.1, 0.15) is 12.4 Å². The van der Waals surface area contributed by atoms with Gasteiger partial charge in [0.25, 0.3) is 0 Å². The normalized spacial score (nSPS) is 9.92. The van der Waals surface area contributed by atoms with E-state index in [-0.39, 0.29) is 0 Å². The molecule has 0 atom stereocenters. The van der Waals surface area contributed by atoms with Crippen molar-refractivity contribution in [1.82, 2.24) is 0 Å². The number of ether oxygens (including phenoxy) is 1. The summed E-state index contributed by atoms with van der Waals surface area (Å²) >= 11 is 8.90. The quantitative estimate of drug-likeness (QED) is 0.746. The maximum Gasteiger partial charge on any atom is 0.133 e. The van der Waals surface area contributed by atoms with Gasteiger partial charge in [-0.2, -0.15) is 0 Å². The van der Waals surface area contributed by atoms with Gasteiger partial charge in [-0.25, -0.2) is 0 Å². The number of benzene rings is 1. The maximum atomic E-state index is 5.49. The summed E-state index contributed by atoms with van der Waals surface area (Å²) in [4.78, 5) is 0. The summed E-state index contributed by atoms with van der Waals surface area (Å²) in [7, 11) is 0. The van der Waals surface area contributed by atoms with Crippen molar-refractivity contribution in [1.29, 1.82) is 0 Å². The minimum atomic E-state index is 0.514. The largest absolute Gasteiger partial charge is 0.491 e. The number of halogens is 2. The Morgan fingerprint density at radius 1 is 1.50 bits per heavy atom. The van der Waals surface area contributed by atoms with E-state index < -0.39 is 0 Å². The lowest BCUT2D eigenvalue weighted by molar-refractivity contribution is 0.340. The average molecular weight is 250 g/mol. The van der Waals surface area contributed by atoms with Crippen LogP contribution >= 0.6 is 27.5 Å². The van der Waals surface area contributed by atoms with Gasteiger partial charge in [-0.1, -0.05) is 6.07 Å². The van der Waals surface area contributed by atoms with E-state index in [0.717, 1.165) is 10.2 Å². The number of aryl methyl sites for hydroxylation is 1. The Labute approximate surface area is 85.8 Å². The number of rotatable bonds is 3. The monoisotopic (exact) mass is 248 g/mol. The molecule has 0 aromatic heterocycles. The van der Waals surface area contributed by atoms with Crippen LogP contribution in [0.25, 0.3) is 0 Å². The molecule has 1 aromatic rings. The van der Waals surface area contributed by atoms with Crippen LogP contribution in [0.2, 0.25) is 0 Å². The van der Waals surface area contributed by atoms with Crippen molar-refractivity contribution in [2.75, 3.05) is 12.5 Å². The van der Waals surface area contributed by atoms with E-state index in [1.807, 2.05) is 25.1 Å². The molecule has 0 aliphatic heterocycles. The van der Waals surface area contributed by atoms with Gasteiger partial charge >= 0.3 is 0 Å². The van der Waals surface area contributed by atoms with Crippen LogP contribution in [0, 0.1) is 6.92 Å². The molecular weight excluding hydrogens is 239 g/mol. The second-order valence-corrected chi connectivity index (χ2v) is 3.70. The third-order valence-electron chi connectivity index (χ3n) is 1.42. The predicted molar refractivity (Wildman–Crippen MR) is 55.1 cm³/mol. The molecule has 0 heterocycles. The summed E-state index contributed by atoms with van der Waals surface area (Å²) in [6, 6.07) is 5.96. The summed E-state index contributed by atoms with van der Waals surface area (Å²) in [5.41, 5.74) is 1.21. The summed E-state index contributed by atoms with van der Waals surface area (Å²) in [5, 5.41) is 0. The van der Waals surface area contributed by atoms with E-state index in [1.54, 1.807) is 0 Å². The molecule has 1 rings (SSSR count). The Bertz CT molecular complexity index is 263. The molecule has 1 aromatic carbocycles. The lowest BCUT2D eigenvalue weighted by atomic mass is 10.2. The third kappa shape index (κ3) is 2.68. The molecular formula is C9H10BrClO. The molecule has 0 aliphatic rings. The summed E-state index contributed by atoms with van der Waals surface area (Å²) in [6.45, 7) is 2.58. The molecule has 0 amide bonds. The van der Waals surface area contributed by atoms with E-state index in [0.29, 0.717) is 12.5 Å². The zero-order valence-corrected chi connectivity index (χ0v) is 9.15. The molecule has 66 valence electrons. The molecule has 0 saturated carbocycles. The Morgan fingerprint density at radius 3 is 2.83 bits per heavy atom. The first-order valence-electron chi connectivity index (χ1n) is 3.69. The zero-order valence-electron chi connectivity index (χ0n) is 6.81. The van der Waals surface area contributed by atoms with E-state index in [2.05, 4.69) is 15.9 Å². The molecule has 0 aliphatic carbocycles. The standard InChI is InChI=1S/C9H10BrClO/c1-7-2-3-9(8(10)6-7)12-5-4-11/h2-3,6H,4-5H2,1H3. The molecule has 0 unspecified atom stereocenters. The minimum Gasteiger partial charge on any atom is -0.491 e. The van der Waals surface area contributed by atoms with Crippen LogP contribution in [0.3, 0.4) is 0 Å². The molecule has 0 saturated heterocycles. The molecule has 3 heteroatoms. The number of hydrogen-bond donors (Lipinski definition) is 0. The zero-order chi connectivity index (χ0) is 8.97. The molecule has 12 heavy (non-hydrogen) atoms. The van der Waals surface area contributed by atoms with Crippen LogP contribution in [-0.2, 0) is 0 Å². The van der Waals surface area contributed by atoms with Crippen LogP contribution in [0.5, 0.6) is 5.75 Å². The van der Waals surface area contributed by atoms with Gasteiger partial charge in [0.15, 0.2) is 0 Å². The van der Waals surface area contributed by atoms with Crippen LogP contribution < -0.4 is 4.74 Å². The van der Waals surface area contributed by atoms with Crippen LogP contribution in [0.4, 0.5) is 0 Å². The Kier molecular flexibility index (Phi) is 3.89. The van der Waals surface area contributed by atoms with Crippen molar-refractivity contribution in [3.05, 3.63) is 28.2 Å². The first-order chi connectivity index (χ1) is 5.74. The molecule has 0 fully saturated rings. The fourth-order valence-electron chi connectivity index (χ4n) is 0.871. The van der Waals surface area contributed by atoms with Crippen molar-refractivity contribution in [2.45, 2.75) is 6.92 Å². The first kappa shape index (κ1) is 9.87. The highest BCUT2D eigenvalue weighted by Crippen LogP contribution is 2.25. The second-order valence-electron chi connectivity index (χ2n) is 2.47. The Morgan fingerprint density at radius 2 is 2.25 bits per heavy atom. The van der Waals surface area contributed by atoms with Gasteiger partial charge in [-0.3, -0.25) is 0 Å². The van der Waals surface area contributed by atoms with Gasteiger partial charge in [0.2, 0.25) is 0 Å². The highest BCUT2D eigenvalue weighted by molar-refractivity contribution is 9.10. The van der Waals surface area contributed by atoms with Crippen LogP contribution in [0.15, 0.2) is 22.7 Å². The predicted octanol–water partition coefficient (Wildman–Crippen LogP) is 3.38. The summed E-state index contributed by atoms with van der Waals surface area (Å²) in [6.07, 6.45) is 0. The van der Waals surface area contributed by atoms with Crippen molar-refractivity contribution in [3.8, 4) is 5.75 Å². The topological polar surface area (TPSA) is 9.23 Å². The average Bonchev–Trinajstić information content (AvgIpc) is 2.03. The number of hydrogen-bond acceptors (Lipinski definition) is 1. The van der Waals surface area contributed by atoms with Crippen molar-refractivity contribution in [3.63, 3.8) is 0 Å². The van der Waals surface area contributed by atoms with Crippen LogP contribution in [-0.4, -0.2) is 12.5 Å². The summed E-state index contributed by atoms with van der Waals surface area (Å²) < 4.78 is 6.34. The SMILES string of the molecule is Cc1ccc(OCCCl)c(Br)c1. The molecule has 0 N–H and O–H groups in total. The second kappa shape index (κ2) is 4.73. The lowest BCUT2D eigenvalue weighted by Crippen LogP contribution is -1.98. The molecule has 1 nitrogen and oxygen atoms in total. The van der Waals surface area contributed by atoms with Gasteiger partial charge in [0.05, 0.1) is 10.4 Å². The first-order valence-corrected chi connectivity index (χ1v) is 5.01. The van der Waals surface area contributed by atoms with E-state index in [1.165, 1.54) is 5.56 Å². The minimum absolute atomic E-state index is 0.514. The van der Waals surface area contributed by atoms with E-state index in [4.69, 9.17) is 16.3 Å². The van der Waals surface area contributed by atoms with Crippen molar-refractivity contribution >= 4 is 27.5 Å². The lowest BCUT2D eigenvalue weighted by Gasteiger charge is -2.06. The molecule has 0 spiro atoms. The van der Waals surface area contributed by atoms with Gasteiger partial charge in [-0.05, 0) is 40.5 Å². The van der Waals surface area contributed by atoms with Crippen LogP contribution in [0.1, 0.15) is 5.56 Å². The van der Waals surface area contributed by atoms with Crippen molar-refractivity contribution in [2.24, 2.45) is 0 Å².